The average Bonchev–Trinajstić information content (AvgIpc) is 1.58. The summed E-state index contributed by atoms with van der Waals surface area (Å²) in [4.78, 5) is 305. The van der Waals surface area contributed by atoms with Crippen LogP contribution in [0.1, 0.15) is 154 Å². The summed E-state index contributed by atoms with van der Waals surface area (Å²) >= 11 is 8.51. The molecule has 28 N–H and O–H groups in total. The molecule has 50 heteroatoms. The molecule has 772 valence electrons. The highest BCUT2D eigenvalue weighted by Gasteiger charge is 2.43. The zero-order chi connectivity index (χ0) is 105. The van der Waals surface area contributed by atoms with Crippen LogP contribution in [0.25, 0.3) is 21.8 Å². The maximum Gasteiger partial charge on any atom is 0.305 e. The van der Waals surface area contributed by atoms with Gasteiger partial charge in [0.05, 0.1) is 19.3 Å². The Hall–Kier alpha value is -14.7. The van der Waals surface area contributed by atoms with Crippen LogP contribution in [-0.2, 0) is 126 Å². The Balaban J connectivity index is 1.12. The van der Waals surface area contributed by atoms with E-state index in [-0.39, 0.29) is 68.7 Å². The molecule has 0 spiro atoms. The molecule has 6 aromatic rings. The van der Waals surface area contributed by atoms with Crippen molar-refractivity contribution in [2.75, 3.05) is 31.1 Å². The van der Waals surface area contributed by atoms with E-state index in [2.05, 4.69) is 125 Å². The van der Waals surface area contributed by atoms with Crippen molar-refractivity contribution in [1.82, 2.24) is 105 Å². The second-order valence-electron chi connectivity index (χ2n) is 35.2. The van der Waals surface area contributed by atoms with Gasteiger partial charge in [0.2, 0.25) is 106 Å². The van der Waals surface area contributed by atoms with Gasteiger partial charge in [-0.2, -0.15) is 25.3 Å². The van der Waals surface area contributed by atoms with Crippen LogP contribution in [0.4, 0.5) is 0 Å². The number of phenols is 1. The van der Waals surface area contributed by atoms with Gasteiger partial charge in [-0.05, 0) is 130 Å². The Kier molecular flexibility index (Phi) is 45.5. The van der Waals surface area contributed by atoms with Crippen LogP contribution in [0, 0.1) is 11.8 Å². The van der Waals surface area contributed by atoms with E-state index in [0.29, 0.717) is 58.0 Å². The van der Waals surface area contributed by atoms with E-state index < -0.39 is 297 Å². The normalized spacial score (nSPS) is 15.3. The van der Waals surface area contributed by atoms with Crippen molar-refractivity contribution in [3.63, 3.8) is 0 Å². The molecule has 3 aromatic carbocycles. The number of carbonyl (C=O) groups is 21. The number of unbranched alkanes of at least 4 members (excludes halogenated alkanes) is 1. The number of amides is 18. The summed E-state index contributed by atoms with van der Waals surface area (Å²) in [6.07, 6.45) is 0.346. The molecule has 1 fully saturated rings. The van der Waals surface area contributed by atoms with Crippen molar-refractivity contribution >= 4 is 171 Å². The summed E-state index contributed by atoms with van der Waals surface area (Å²) in [6.45, 7) is 8.68. The fraction of sp³-hybridized carbons (Fsp3) is 0.500. The summed E-state index contributed by atoms with van der Waals surface area (Å²) < 4.78 is 0. The largest absolute Gasteiger partial charge is 0.508 e. The maximum absolute atomic E-state index is 15.4. The highest BCUT2D eigenvalue weighted by atomic mass is 32.1. The Labute approximate surface area is 826 Å². The molecule has 0 bridgehead atoms. The lowest BCUT2D eigenvalue weighted by molar-refractivity contribution is -0.144. The average molecular weight is 2020 g/mol. The van der Waals surface area contributed by atoms with Crippen LogP contribution in [0.3, 0.4) is 0 Å². The number of phenolic OH excluding ortho intramolecular Hbond substituents is 1. The minimum absolute atomic E-state index is 0.0376. The monoisotopic (exact) mass is 2020 g/mol. The lowest BCUT2D eigenvalue weighted by Gasteiger charge is -2.31. The van der Waals surface area contributed by atoms with Crippen LogP contribution < -0.4 is 97.0 Å². The van der Waals surface area contributed by atoms with Crippen molar-refractivity contribution in [3.05, 3.63) is 120 Å². The number of imidazole rings is 1. The molecule has 1 saturated heterocycles. The molecule has 0 aliphatic carbocycles. The third-order valence-electron chi connectivity index (χ3n) is 23.0. The zero-order valence-corrected chi connectivity index (χ0v) is 81.0. The number of nitrogens with two attached hydrogens (primary N) is 3. The van der Waals surface area contributed by atoms with Crippen molar-refractivity contribution in [2.45, 2.75) is 248 Å². The number of carbonyl (C=O) groups excluding carboxylic acids is 18. The fourth-order valence-electron chi connectivity index (χ4n) is 15.6. The number of fused-ring (bicyclic) bond motifs is 2. The van der Waals surface area contributed by atoms with Gasteiger partial charge in [-0.1, -0.05) is 76.2 Å². The molecule has 1 aliphatic heterocycles. The van der Waals surface area contributed by atoms with Gasteiger partial charge in [-0.25, -0.2) is 4.98 Å². The third-order valence-corrected chi connectivity index (χ3v) is 23.7. The van der Waals surface area contributed by atoms with E-state index in [9.17, 15) is 97.1 Å². The Morgan fingerprint density at radius 2 is 0.887 bits per heavy atom. The lowest BCUT2D eigenvalue weighted by Crippen LogP contribution is -2.61. The minimum Gasteiger partial charge on any atom is -0.508 e. The van der Waals surface area contributed by atoms with Crippen molar-refractivity contribution in [2.24, 2.45) is 29.0 Å². The summed E-state index contributed by atoms with van der Waals surface area (Å²) in [7, 11) is 0. The van der Waals surface area contributed by atoms with Crippen LogP contribution in [-0.4, -0.2) is 291 Å². The Morgan fingerprint density at radius 1 is 0.451 bits per heavy atom. The van der Waals surface area contributed by atoms with Gasteiger partial charge in [-0.15, -0.1) is 0 Å². The molecule has 15 atom stereocenters. The molecular weight excluding hydrogens is 1890 g/mol. The fourth-order valence-corrected chi connectivity index (χ4v) is 16.1. The number of nitrogens with zero attached hydrogens (tertiary/aromatic N) is 2. The Morgan fingerprint density at radius 3 is 1.37 bits per heavy atom. The number of likely N-dealkylation sites (tertiary alicyclic amines) is 1. The summed E-state index contributed by atoms with van der Waals surface area (Å²) in [6, 6.07) is -5.24. The number of aliphatic carboxylic acids is 3. The molecule has 0 radical (unpaired) electrons. The molecule has 1 aliphatic rings. The maximum atomic E-state index is 15.4. The van der Waals surface area contributed by atoms with E-state index in [1.165, 1.54) is 56.8 Å². The molecule has 48 nitrogen and oxygen atoms in total. The number of aromatic nitrogens is 4. The zero-order valence-electron chi connectivity index (χ0n) is 79.2. The van der Waals surface area contributed by atoms with Crippen molar-refractivity contribution < 1.29 is 121 Å². The highest BCUT2D eigenvalue weighted by molar-refractivity contribution is 7.80. The molecule has 3 aromatic heterocycles. The molecule has 18 amide bonds. The van der Waals surface area contributed by atoms with Crippen LogP contribution >= 0.6 is 25.3 Å². The van der Waals surface area contributed by atoms with Gasteiger partial charge >= 0.3 is 17.9 Å². The smallest absolute Gasteiger partial charge is 0.305 e. The SMILES string of the molecule is CC(=O)N[C@H](Cc1cnc[nH]1)C(=O)N[C@H](C)C(=O)N[C@H](CS)C(=O)N[C@H](CC(=O)O)C(=O)N[C@H](Cc1ccc(O)cc1)C(=O)N1CCC[C@@H]1C(=O)N[C@H](CCC(=O)O)C(=O)N[C@H](Cc1c[nH]c2ccccc12)C(=O)N[C@H](CCC(N)=O)C(=O)N[C@H](Cc1c[nH]c2ccccc12)C(=O)N[C@H](CC(C)C)C(=O)N[C@H](CS)C(=O)N[C@H](CCC(=O)O)C(=O)N[C@H](CC(C)C)C(=O)NCC(=O)N[C@H](CCCCN)C(N)=O. The first-order valence-corrected chi connectivity index (χ1v) is 47.4. The van der Waals surface area contributed by atoms with Crippen LogP contribution in [0.2, 0.25) is 0 Å². The summed E-state index contributed by atoms with van der Waals surface area (Å²) in [5.74, 6) is -24.4. The third kappa shape index (κ3) is 36.8. The quantitative estimate of drug-likeness (QED) is 0.0129. The number of carboxylic acids is 3. The first-order chi connectivity index (χ1) is 67.3. The van der Waals surface area contributed by atoms with Gasteiger partial charge in [-0.3, -0.25) is 101 Å². The van der Waals surface area contributed by atoms with E-state index in [0.717, 1.165) is 4.90 Å². The number of H-pyrrole nitrogens is 3. The Bertz CT molecular complexity index is 5460. The minimum atomic E-state index is -2.01. The molecule has 142 heavy (non-hydrogen) atoms. The first-order valence-electron chi connectivity index (χ1n) is 46.1. The standard InChI is InChI=1S/C92H127N23O25S2/c1-46(2)32-63(80(128)99-42-74(119)103-59(78(95)126)18-11-12-30-93)107-82(130)61(25-28-75(120)121)105-89(137)71(44-142)114-85(133)64(33-47(3)4)108-87(135)66(36-52-40-98-58-17-10-8-15-56(52)58)110-81(129)60(24-27-73(94)118)104-86(134)65(35-51-39-97-57-16-9-7-14-55(51)57)109-83(131)62(26-29-76(122)123)106-91(139)72-19-13-31-115(72)92(140)69(34-50-20-22-54(117)23-21-50)112-88(136)68(38-77(124)125)111-90(138)70(43-141)113-79(127)48(5)101-84(132)67(102-49(6)116)37-53-41-96-45-100-53/h7-10,14-17,20-23,39-41,45-48,59-72,97-98,117,141-142H,11-13,18-19,24-38,42-44,93H2,1-6H3,(H2,94,118)(H2,95,126)(H,96,100)(H,99,128)(H,101,132)(H,102,116)(H,103,119)(H,104,134)(H,105,137)(H,106,139)(H,107,130)(H,108,135)(H,109,131)(H,110,129)(H,111,138)(H,112,136)(H,113,127)(H,114,133)(H,120,121)(H,122,123)(H,124,125)/t48-,59-,60-,61-,62-,63-,64-,65-,66-,67-,68-,69-,70-,71-,72-/m1/s1. The molecule has 0 unspecified atom stereocenters. The van der Waals surface area contributed by atoms with Gasteiger partial charge < -0.3 is 137 Å². The van der Waals surface area contributed by atoms with Crippen LogP contribution in [0.15, 0.2) is 97.7 Å². The van der Waals surface area contributed by atoms with Gasteiger partial charge in [0, 0.05) is 116 Å². The number of carboxylic acid groups (broad SMARTS) is 3. The molecule has 7 rings (SSSR count). The van der Waals surface area contributed by atoms with Crippen molar-refractivity contribution in [1.29, 1.82) is 0 Å². The summed E-state index contributed by atoms with van der Waals surface area (Å²) in [5, 5.41) is 78.8. The molecular formula is C92H127N23O25S2. The van der Waals surface area contributed by atoms with Crippen LogP contribution in [0.5, 0.6) is 5.75 Å². The number of para-hydroxylation sites is 2. The predicted molar refractivity (Wildman–Crippen MR) is 517 cm³/mol. The number of rotatable bonds is 60. The number of primary amides is 2. The number of benzene rings is 3. The number of thiol groups is 2. The van der Waals surface area contributed by atoms with E-state index in [4.69, 9.17) is 17.2 Å². The number of nitrogens with one attached hydrogen (secondary N) is 18. The lowest BCUT2D eigenvalue weighted by atomic mass is 9.99. The first kappa shape index (κ1) is 114. The topological polar surface area (TPSA) is 761 Å². The van der Waals surface area contributed by atoms with Gasteiger partial charge in [0.1, 0.15) is 96.4 Å². The number of hydrogen-bond donors (Lipinski definition) is 27. The van der Waals surface area contributed by atoms with E-state index in [1.54, 1.807) is 82.4 Å². The predicted octanol–water partition coefficient (Wildman–Crippen LogP) is -3.68. The number of aromatic hydroxyl groups is 1. The number of hydrogen-bond acceptors (Lipinski definition) is 26. The van der Waals surface area contributed by atoms with E-state index >= 15 is 24.0 Å². The second kappa shape index (κ2) is 56.5. The van der Waals surface area contributed by atoms with Gasteiger partial charge in [0.25, 0.3) is 0 Å². The van der Waals surface area contributed by atoms with Crippen molar-refractivity contribution in [3.8, 4) is 5.75 Å². The molecule has 4 heterocycles. The summed E-state index contributed by atoms with van der Waals surface area (Å²) in [5.41, 5.74) is 19.4. The second-order valence-corrected chi connectivity index (χ2v) is 36.0. The van der Waals surface area contributed by atoms with Gasteiger partial charge in [0.15, 0.2) is 0 Å². The van der Waals surface area contributed by atoms with E-state index in [1.807, 2.05) is 0 Å². The highest BCUT2D eigenvalue weighted by Crippen LogP contribution is 2.26. The number of aromatic amines is 3. The molecule has 0 saturated carbocycles.